The Bertz CT molecular complexity index is 959. The van der Waals surface area contributed by atoms with Gasteiger partial charge in [-0.25, -0.2) is 0 Å². The molecular formula is C20H24N6O2. The SMILES string of the molecule is CNC(=O)Cn1cc(-c2cccc(C(=O)NCCCc3cnn(C)c3)c2)cn1. The summed E-state index contributed by atoms with van der Waals surface area (Å²) in [6.45, 7) is 0.760. The highest BCUT2D eigenvalue weighted by atomic mass is 16.2. The summed E-state index contributed by atoms with van der Waals surface area (Å²) in [5, 5.41) is 13.9. The standard InChI is InChI=1S/C20H24N6O2/c1-21-19(27)14-26-13-18(11-24-26)16-6-3-7-17(9-16)20(28)22-8-4-5-15-10-23-25(2)12-15/h3,6-7,9-13H,4-5,8,14H2,1-2H3,(H,21,27)(H,22,28). The summed E-state index contributed by atoms with van der Waals surface area (Å²) < 4.78 is 3.34. The summed E-state index contributed by atoms with van der Waals surface area (Å²) in [5.74, 6) is -0.222. The van der Waals surface area contributed by atoms with E-state index < -0.39 is 0 Å². The van der Waals surface area contributed by atoms with E-state index >= 15 is 0 Å². The lowest BCUT2D eigenvalue weighted by atomic mass is 10.1. The van der Waals surface area contributed by atoms with Crippen LogP contribution in [0.4, 0.5) is 0 Å². The number of hydrogen-bond acceptors (Lipinski definition) is 4. The Morgan fingerprint density at radius 3 is 2.71 bits per heavy atom. The van der Waals surface area contributed by atoms with Crippen molar-refractivity contribution < 1.29 is 9.59 Å². The molecule has 0 bridgehead atoms. The molecule has 0 fully saturated rings. The van der Waals surface area contributed by atoms with Gasteiger partial charge in [0.05, 0.1) is 12.4 Å². The van der Waals surface area contributed by atoms with Crippen LogP contribution in [0.5, 0.6) is 0 Å². The van der Waals surface area contributed by atoms with Gasteiger partial charge in [-0.15, -0.1) is 0 Å². The van der Waals surface area contributed by atoms with E-state index in [4.69, 9.17) is 0 Å². The summed E-state index contributed by atoms with van der Waals surface area (Å²) >= 11 is 0. The maximum Gasteiger partial charge on any atom is 0.251 e. The van der Waals surface area contributed by atoms with Crippen molar-refractivity contribution in [2.45, 2.75) is 19.4 Å². The molecule has 0 atom stereocenters. The number of carbonyl (C=O) groups excluding carboxylic acids is 2. The molecule has 8 nitrogen and oxygen atoms in total. The molecule has 0 spiro atoms. The van der Waals surface area contributed by atoms with Gasteiger partial charge in [-0.1, -0.05) is 12.1 Å². The molecular weight excluding hydrogens is 356 g/mol. The molecule has 0 aliphatic carbocycles. The maximum atomic E-state index is 12.4. The monoisotopic (exact) mass is 380 g/mol. The largest absolute Gasteiger partial charge is 0.358 e. The van der Waals surface area contributed by atoms with Gasteiger partial charge in [-0.05, 0) is 36.1 Å². The van der Waals surface area contributed by atoms with Crippen LogP contribution in [0.15, 0.2) is 49.1 Å². The minimum Gasteiger partial charge on any atom is -0.358 e. The number of likely N-dealkylation sites (N-methyl/N-ethyl adjacent to an activating group) is 1. The van der Waals surface area contributed by atoms with E-state index in [1.165, 1.54) is 0 Å². The van der Waals surface area contributed by atoms with Crippen LogP contribution in [0.3, 0.4) is 0 Å². The van der Waals surface area contributed by atoms with E-state index in [9.17, 15) is 9.59 Å². The summed E-state index contributed by atoms with van der Waals surface area (Å²) in [6, 6.07) is 7.38. The third-order valence-corrected chi connectivity index (χ3v) is 4.36. The van der Waals surface area contributed by atoms with E-state index in [0.717, 1.165) is 29.5 Å². The molecule has 2 aromatic heterocycles. The van der Waals surface area contributed by atoms with Crippen molar-refractivity contribution in [2.24, 2.45) is 7.05 Å². The van der Waals surface area contributed by atoms with Crippen LogP contribution in [0.2, 0.25) is 0 Å². The number of aryl methyl sites for hydroxylation is 2. The minimum atomic E-state index is -0.117. The lowest BCUT2D eigenvalue weighted by Crippen LogP contribution is -2.24. The first-order valence-corrected chi connectivity index (χ1v) is 9.14. The van der Waals surface area contributed by atoms with E-state index in [0.29, 0.717) is 12.1 Å². The van der Waals surface area contributed by atoms with Crippen LogP contribution in [-0.4, -0.2) is 45.0 Å². The van der Waals surface area contributed by atoms with Crippen LogP contribution < -0.4 is 10.6 Å². The molecule has 0 aliphatic rings. The van der Waals surface area contributed by atoms with Crippen molar-refractivity contribution in [3.63, 3.8) is 0 Å². The minimum absolute atomic E-state index is 0.106. The van der Waals surface area contributed by atoms with Gasteiger partial charge in [0.15, 0.2) is 0 Å². The van der Waals surface area contributed by atoms with E-state index in [1.807, 2.05) is 37.6 Å². The zero-order chi connectivity index (χ0) is 19.9. The van der Waals surface area contributed by atoms with Gasteiger partial charge >= 0.3 is 0 Å². The summed E-state index contributed by atoms with van der Waals surface area (Å²) in [5.41, 5.74) is 3.49. The molecule has 1 aromatic carbocycles. The number of hydrogen-bond donors (Lipinski definition) is 2. The van der Waals surface area contributed by atoms with Gasteiger partial charge in [0.2, 0.25) is 5.91 Å². The van der Waals surface area contributed by atoms with E-state index in [-0.39, 0.29) is 18.4 Å². The quantitative estimate of drug-likeness (QED) is 0.578. The number of benzene rings is 1. The van der Waals surface area contributed by atoms with Crippen molar-refractivity contribution in [3.05, 3.63) is 60.2 Å². The third-order valence-electron chi connectivity index (χ3n) is 4.36. The third kappa shape index (κ3) is 5.06. The predicted octanol–water partition coefficient (Wildman–Crippen LogP) is 1.39. The molecule has 0 aliphatic heterocycles. The van der Waals surface area contributed by atoms with Crippen LogP contribution >= 0.6 is 0 Å². The Kier molecular flexibility index (Phi) is 6.21. The first-order chi connectivity index (χ1) is 13.5. The Hall–Kier alpha value is -3.42. The van der Waals surface area contributed by atoms with Crippen LogP contribution in [0.1, 0.15) is 22.3 Å². The molecule has 2 heterocycles. The fourth-order valence-corrected chi connectivity index (χ4v) is 2.86. The van der Waals surface area contributed by atoms with Crippen molar-refractivity contribution in [1.29, 1.82) is 0 Å². The van der Waals surface area contributed by atoms with E-state index in [2.05, 4.69) is 20.8 Å². The molecule has 0 saturated heterocycles. The van der Waals surface area contributed by atoms with Crippen molar-refractivity contribution in [1.82, 2.24) is 30.2 Å². The highest BCUT2D eigenvalue weighted by molar-refractivity contribution is 5.95. The van der Waals surface area contributed by atoms with Crippen LogP contribution in [0.25, 0.3) is 11.1 Å². The van der Waals surface area contributed by atoms with Crippen molar-refractivity contribution in [2.75, 3.05) is 13.6 Å². The highest BCUT2D eigenvalue weighted by Gasteiger charge is 2.09. The average molecular weight is 380 g/mol. The lowest BCUT2D eigenvalue weighted by molar-refractivity contribution is -0.121. The molecule has 3 aromatic rings. The number of nitrogens with one attached hydrogen (secondary N) is 2. The van der Waals surface area contributed by atoms with Crippen LogP contribution in [0, 0.1) is 0 Å². The zero-order valence-electron chi connectivity index (χ0n) is 16.1. The number of carbonyl (C=O) groups is 2. The van der Waals surface area contributed by atoms with Crippen molar-refractivity contribution >= 4 is 11.8 Å². The van der Waals surface area contributed by atoms with Crippen LogP contribution in [-0.2, 0) is 24.8 Å². The fourth-order valence-electron chi connectivity index (χ4n) is 2.86. The molecule has 8 heteroatoms. The van der Waals surface area contributed by atoms with Gasteiger partial charge in [0.25, 0.3) is 5.91 Å². The molecule has 3 rings (SSSR count). The highest BCUT2D eigenvalue weighted by Crippen LogP contribution is 2.20. The predicted molar refractivity (Wildman–Crippen MR) is 106 cm³/mol. The number of rotatable bonds is 8. The Labute approximate surface area is 163 Å². The normalized spacial score (nSPS) is 10.6. The van der Waals surface area contributed by atoms with Gasteiger partial charge < -0.3 is 10.6 Å². The summed E-state index contributed by atoms with van der Waals surface area (Å²) in [4.78, 5) is 23.9. The number of nitrogens with zero attached hydrogens (tertiary/aromatic N) is 4. The zero-order valence-corrected chi connectivity index (χ0v) is 16.1. The molecule has 0 saturated carbocycles. The summed E-state index contributed by atoms with van der Waals surface area (Å²) in [7, 11) is 3.48. The molecule has 28 heavy (non-hydrogen) atoms. The first-order valence-electron chi connectivity index (χ1n) is 9.14. The Morgan fingerprint density at radius 1 is 1.11 bits per heavy atom. The smallest absolute Gasteiger partial charge is 0.251 e. The molecule has 0 radical (unpaired) electrons. The maximum absolute atomic E-state index is 12.4. The molecule has 2 N–H and O–H groups in total. The second-order valence-electron chi connectivity index (χ2n) is 6.56. The fraction of sp³-hybridized carbons (Fsp3) is 0.300. The molecule has 0 unspecified atom stereocenters. The molecule has 146 valence electrons. The lowest BCUT2D eigenvalue weighted by Gasteiger charge is -2.06. The van der Waals surface area contributed by atoms with Gasteiger partial charge in [-0.2, -0.15) is 10.2 Å². The van der Waals surface area contributed by atoms with Crippen molar-refractivity contribution in [3.8, 4) is 11.1 Å². The van der Waals surface area contributed by atoms with Gasteiger partial charge in [0.1, 0.15) is 6.54 Å². The first kappa shape index (κ1) is 19.3. The molecule has 2 amide bonds. The van der Waals surface area contributed by atoms with Gasteiger partial charge in [0, 0.05) is 44.2 Å². The van der Waals surface area contributed by atoms with E-state index in [1.54, 1.807) is 34.9 Å². The Morgan fingerprint density at radius 2 is 1.96 bits per heavy atom. The number of aromatic nitrogens is 4. The second kappa shape index (κ2) is 8.98. The number of amides is 2. The average Bonchev–Trinajstić information content (AvgIpc) is 3.34. The summed E-state index contributed by atoms with van der Waals surface area (Å²) in [6.07, 6.45) is 9.03. The second-order valence-corrected chi connectivity index (χ2v) is 6.56. The van der Waals surface area contributed by atoms with Gasteiger partial charge in [-0.3, -0.25) is 19.0 Å². The Balaban J connectivity index is 1.56. The topological polar surface area (TPSA) is 93.8 Å².